The molecule has 0 aromatic rings. The van der Waals surface area contributed by atoms with Gasteiger partial charge in [0.05, 0.1) is 11.7 Å². The van der Waals surface area contributed by atoms with E-state index in [1.165, 1.54) is 0 Å². The molecule has 1 saturated heterocycles. The molecule has 0 bridgehead atoms. The molecule has 1 aliphatic rings. The van der Waals surface area contributed by atoms with Crippen LogP contribution in [0.3, 0.4) is 0 Å². The van der Waals surface area contributed by atoms with E-state index < -0.39 is 0 Å². The molecule has 0 saturated carbocycles. The molecule has 0 spiro atoms. The quantitative estimate of drug-likeness (QED) is 0.367. The monoisotopic (exact) mass is 278 g/mol. The Morgan fingerprint density at radius 2 is 2.00 bits per heavy atom. The summed E-state index contributed by atoms with van der Waals surface area (Å²) in [5.41, 5.74) is 0.957. The fraction of sp³-hybridized carbons (Fsp3) is 0.647. The third kappa shape index (κ3) is 5.41. The average molecular weight is 278 g/mol. The number of Topliss-reactive ketones (excluding diaryl/α,β-unsaturated/α-hetero) is 1. The summed E-state index contributed by atoms with van der Waals surface area (Å²) in [6, 6.07) is 0. The summed E-state index contributed by atoms with van der Waals surface area (Å²) in [5.74, 6) is 0.620. The van der Waals surface area contributed by atoms with Gasteiger partial charge in [0.25, 0.3) is 0 Å². The minimum atomic E-state index is -0.157. The Morgan fingerprint density at radius 3 is 2.50 bits per heavy atom. The lowest BCUT2D eigenvalue weighted by molar-refractivity contribution is -0.117. The van der Waals surface area contributed by atoms with Crippen LogP contribution in [0.2, 0.25) is 0 Å². The van der Waals surface area contributed by atoms with Crippen LogP contribution in [0.1, 0.15) is 53.4 Å². The zero-order valence-corrected chi connectivity index (χ0v) is 13.1. The van der Waals surface area contributed by atoms with Crippen LogP contribution >= 0.6 is 0 Å². The normalized spacial score (nSPS) is 26.5. The lowest BCUT2D eigenvalue weighted by atomic mass is 9.87. The summed E-state index contributed by atoms with van der Waals surface area (Å²) in [6.07, 6.45) is 6.80. The molecule has 1 rings (SSSR count). The van der Waals surface area contributed by atoms with E-state index in [0.717, 1.165) is 24.8 Å². The first kappa shape index (κ1) is 16.8. The standard InChI is InChI=1S/C17H26O3/c1-12(2)15(9-8-14(4)19)11-16-17(5,20-16)10-6-7-13(3)18/h6-7,15-16H,1,8-11H2,2-5H3/b7-6+/t15?,16-,17-/m0/s1. The Bertz CT molecular complexity index is 422. The zero-order chi connectivity index (χ0) is 15.3. The van der Waals surface area contributed by atoms with Gasteiger partial charge in [-0.25, -0.2) is 0 Å². The Labute approximate surface area is 122 Å². The van der Waals surface area contributed by atoms with Gasteiger partial charge in [0.1, 0.15) is 5.78 Å². The van der Waals surface area contributed by atoms with Crippen molar-refractivity contribution < 1.29 is 14.3 Å². The number of rotatable bonds is 9. The number of ketones is 2. The van der Waals surface area contributed by atoms with Gasteiger partial charge in [0.15, 0.2) is 5.78 Å². The summed E-state index contributed by atoms with van der Waals surface area (Å²) in [7, 11) is 0. The van der Waals surface area contributed by atoms with Crippen LogP contribution in [-0.4, -0.2) is 23.3 Å². The second kappa shape index (κ2) is 6.98. The lowest BCUT2D eigenvalue weighted by Gasteiger charge is -2.15. The largest absolute Gasteiger partial charge is 0.366 e. The maximum atomic E-state index is 11.1. The van der Waals surface area contributed by atoms with Gasteiger partial charge in [-0.2, -0.15) is 0 Å². The van der Waals surface area contributed by atoms with Crippen molar-refractivity contribution in [1.82, 2.24) is 0 Å². The van der Waals surface area contributed by atoms with E-state index in [9.17, 15) is 9.59 Å². The van der Waals surface area contributed by atoms with Gasteiger partial charge in [-0.05, 0) is 59.0 Å². The molecule has 3 heteroatoms. The first-order valence-electron chi connectivity index (χ1n) is 7.24. The van der Waals surface area contributed by atoms with Crippen molar-refractivity contribution in [2.45, 2.75) is 65.1 Å². The van der Waals surface area contributed by atoms with E-state index in [2.05, 4.69) is 13.5 Å². The first-order valence-corrected chi connectivity index (χ1v) is 7.24. The number of epoxide rings is 1. The van der Waals surface area contributed by atoms with Crippen molar-refractivity contribution in [3.8, 4) is 0 Å². The zero-order valence-electron chi connectivity index (χ0n) is 13.1. The van der Waals surface area contributed by atoms with Gasteiger partial charge in [0.2, 0.25) is 0 Å². The molecule has 112 valence electrons. The molecule has 3 atom stereocenters. The highest BCUT2D eigenvalue weighted by Gasteiger charge is 2.51. The number of carbonyl (C=O) groups is 2. The average Bonchev–Trinajstić information content (AvgIpc) is 2.94. The second-order valence-electron chi connectivity index (χ2n) is 6.16. The molecular weight excluding hydrogens is 252 g/mol. The van der Waals surface area contributed by atoms with Crippen molar-refractivity contribution in [1.29, 1.82) is 0 Å². The van der Waals surface area contributed by atoms with Crippen molar-refractivity contribution in [2.24, 2.45) is 5.92 Å². The van der Waals surface area contributed by atoms with Crippen LogP contribution in [-0.2, 0) is 14.3 Å². The van der Waals surface area contributed by atoms with Crippen molar-refractivity contribution in [3.05, 3.63) is 24.3 Å². The Balaban J connectivity index is 2.45. The molecule has 0 aromatic carbocycles. The predicted octanol–water partition coefficient (Wildman–Crippen LogP) is 3.63. The first-order chi connectivity index (χ1) is 9.24. The van der Waals surface area contributed by atoms with Crippen LogP contribution in [0.4, 0.5) is 0 Å². The van der Waals surface area contributed by atoms with E-state index >= 15 is 0 Å². The predicted molar refractivity (Wildman–Crippen MR) is 80.6 cm³/mol. The van der Waals surface area contributed by atoms with Crippen molar-refractivity contribution >= 4 is 11.6 Å². The maximum Gasteiger partial charge on any atom is 0.152 e. The molecule has 1 unspecified atom stereocenters. The molecule has 1 heterocycles. The van der Waals surface area contributed by atoms with Gasteiger partial charge in [-0.15, -0.1) is 0 Å². The van der Waals surface area contributed by atoms with Crippen LogP contribution < -0.4 is 0 Å². The molecule has 0 aliphatic carbocycles. The summed E-state index contributed by atoms with van der Waals surface area (Å²) in [4.78, 5) is 22.0. The number of allylic oxidation sites excluding steroid dienone is 2. The van der Waals surface area contributed by atoms with Gasteiger partial charge in [0, 0.05) is 6.42 Å². The number of carbonyl (C=O) groups excluding carboxylic acids is 2. The molecule has 1 fully saturated rings. The van der Waals surface area contributed by atoms with Gasteiger partial charge in [-0.3, -0.25) is 4.79 Å². The number of hydrogen-bond donors (Lipinski definition) is 0. The fourth-order valence-electron chi connectivity index (χ4n) is 2.43. The maximum absolute atomic E-state index is 11.1. The minimum Gasteiger partial charge on any atom is -0.366 e. The SMILES string of the molecule is C=C(C)C(CCC(C)=O)C[C@@H]1O[C@@]1(C)C/C=C/C(C)=O. The Kier molecular flexibility index (Phi) is 5.88. The molecular formula is C17H26O3. The van der Waals surface area contributed by atoms with Gasteiger partial charge < -0.3 is 9.53 Å². The third-order valence-electron chi connectivity index (χ3n) is 3.95. The fourth-order valence-corrected chi connectivity index (χ4v) is 2.43. The minimum absolute atomic E-state index is 0.0621. The smallest absolute Gasteiger partial charge is 0.152 e. The lowest BCUT2D eigenvalue weighted by Crippen LogP contribution is -2.14. The number of ether oxygens (including phenoxy) is 1. The highest BCUT2D eigenvalue weighted by molar-refractivity contribution is 5.87. The Morgan fingerprint density at radius 1 is 1.35 bits per heavy atom. The van der Waals surface area contributed by atoms with Gasteiger partial charge >= 0.3 is 0 Å². The van der Waals surface area contributed by atoms with Gasteiger partial charge in [-0.1, -0.05) is 18.2 Å². The van der Waals surface area contributed by atoms with E-state index in [4.69, 9.17) is 4.74 Å². The van der Waals surface area contributed by atoms with E-state index in [0.29, 0.717) is 12.3 Å². The molecule has 3 nitrogen and oxygen atoms in total. The van der Waals surface area contributed by atoms with Crippen LogP contribution in [0.15, 0.2) is 24.3 Å². The molecule has 20 heavy (non-hydrogen) atoms. The summed E-state index contributed by atoms with van der Waals surface area (Å²) >= 11 is 0. The van der Waals surface area contributed by atoms with Crippen LogP contribution in [0.5, 0.6) is 0 Å². The van der Waals surface area contributed by atoms with Crippen LogP contribution in [0.25, 0.3) is 0 Å². The Hall–Kier alpha value is -1.22. The third-order valence-corrected chi connectivity index (χ3v) is 3.95. The summed E-state index contributed by atoms with van der Waals surface area (Å²) in [5, 5.41) is 0. The van der Waals surface area contributed by atoms with E-state index in [-0.39, 0.29) is 23.3 Å². The molecule has 0 radical (unpaired) electrons. The second-order valence-corrected chi connectivity index (χ2v) is 6.16. The molecule has 0 N–H and O–H groups in total. The van der Waals surface area contributed by atoms with E-state index in [1.54, 1.807) is 19.9 Å². The molecule has 0 amide bonds. The summed E-state index contributed by atoms with van der Waals surface area (Å²) in [6.45, 7) is 11.3. The molecule has 0 aromatic heterocycles. The highest BCUT2D eigenvalue weighted by Crippen LogP contribution is 2.44. The number of hydrogen-bond acceptors (Lipinski definition) is 3. The molecule has 1 aliphatic heterocycles. The topological polar surface area (TPSA) is 46.7 Å². The van der Waals surface area contributed by atoms with Crippen molar-refractivity contribution in [2.75, 3.05) is 0 Å². The van der Waals surface area contributed by atoms with Crippen molar-refractivity contribution in [3.63, 3.8) is 0 Å². The summed E-state index contributed by atoms with van der Waals surface area (Å²) < 4.78 is 5.79. The highest BCUT2D eigenvalue weighted by atomic mass is 16.6. The van der Waals surface area contributed by atoms with E-state index in [1.807, 2.05) is 13.0 Å². The van der Waals surface area contributed by atoms with Crippen LogP contribution in [0, 0.1) is 5.92 Å².